The minimum atomic E-state index is -0.795. The maximum atomic E-state index is 14.2. The lowest BCUT2D eigenvalue weighted by molar-refractivity contribution is -0.216. The fourth-order valence-electron chi connectivity index (χ4n) is 9.81. The highest BCUT2D eigenvalue weighted by molar-refractivity contribution is 14.1. The summed E-state index contributed by atoms with van der Waals surface area (Å²) in [5, 5.41) is 9.45. The van der Waals surface area contributed by atoms with Crippen molar-refractivity contribution in [1.82, 2.24) is 0 Å². The van der Waals surface area contributed by atoms with Crippen LogP contribution in [0.25, 0.3) is 0 Å². The summed E-state index contributed by atoms with van der Waals surface area (Å²) in [5.41, 5.74) is -0.524. The van der Waals surface area contributed by atoms with Gasteiger partial charge in [-0.1, -0.05) is 50.3 Å². The first kappa shape index (κ1) is 31.3. The first-order valence-electron chi connectivity index (χ1n) is 14.3. The van der Waals surface area contributed by atoms with Crippen LogP contribution in [0, 0.1) is 52.3 Å². The van der Waals surface area contributed by atoms with Gasteiger partial charge in [-0.05, 0) is 83.9 Å². The number of esters is 2. The third-order valence-corrected chi connectivity index (χ3v) is 10.9. The third-order valence-electron chi connectivity index (χ3n) is 10.9. The van der Waals surface area contributed by atoms with E-state index in [2.05, 4.69) is 43.4 Å². The molecule has 0 aromatic rings. The number of Topliss-reactive ketones (excluding diaryl/α,β-unsaturated/α-hetero) is 1. The highest BCUT2D eigenvalue weighted by Crippen LogP contribution is 2.69. The summed E-state index contributed by atoms with van der Waals surface area (Å²) < 4.78 is 11.8. The van der Waals surface area contributed by atoms with Gasteiger partial charge in [0.25, 0.3) is 0 Å². The summed E-state index contributed by atoms with van der Waals surface area (Å²) in [6.07, 6.45) is 4.98. The zero-order chi connectivity index (χ0) is 28.6. The second-order valence-electron chi connectivity index (χ2n) is 12.8. The van der Waals surface area contributed by atoms with Gasteiger partial charge < -0.3 is 14.6 Å². The number of halogens is 1. The molecule has 4 rings (SSSR count). The first-order chi connectivity index (χ1) is 17.8. The van der Waals surface area contributed by atoms with Crippen molar-refractivity contribution in [2.45, 2.75) is 105 Å². The van der Waals surface area contributed by atoms with E-state index in [9.17, 15) is 24.3 Å². The fourth-order valence-corrected chi connectivity index (χ4v) is 9.81. The van der Waals surface area contributed by atoms with Gasteiger partial charge in [0.05, 0.1) is 0 Å². The Kier molecular flexibility index (Phi) is 10.0. The molecule has 4 saturated carbocycles. The Morgan fingerprint density at radius 2 is 1.66 bits per heavy atom. The molecule has 0 bridgehead atoms. The van der Waals surface area contributed by atoms with Crippen molar-refractivity contribution >= 4 is 46.3 Å². The number of carboxylic acid groups (broad SMARTS) is 1. The van der Waals surface area contributed by atoms with Crippen molar-refractivity contribution in [3.8, 4) is 0 Å². The number of rotatable bonds is 6. The number of fused-ring (bicyclic) bond motifs is 5. The molecule has 8 heteroatoms. The molecule has 4 aliphatic rings. The van der Waals surface area contributed by atoms with Crippen molar-refractivity contribution in [3.05, 3.63) is 0 Å². The van der Waals surface area contributed by atoms with Crippen molar-refractivity contribution < 1.29 is 33.8 Å². The van der Waals surface area contributed by atoms with Crippen LogP contribution in [-0.2, 0) is 28.7 Å². The minimum absolute atomic E-state index is 0.0120. The maximum absolute atomic E-state index is 14.2. The van der Waals surface area contributed by atoms with Crippen LogP contribution in [0.5, 0.6) is 0 Å². The minimum Gasteiger partial charge on any atom is -0.481 e. The van der Waals surface area contributed by atoms with Crippen LogP contribution in [-0.4, -0.2) is 45.9 Å². The number of carbonyl (C=O) groups is 4. The van der Waals surface area contributed by atoms with E-state index in [0.29, 0.717) is 12.8 Å². The summed E-state index contributed by atoms with van der Waals surface area (Å²) in [6.45, 7) is 11.5. The summed E-state index contributed by atoms with van der Waals surface area (Å²) in [4.78, 5) is 51.8. The third kappa shape index (κ3) is 5.53. The van der Waals surface area contributed by atoms with Crippen molar-refractivity contribution in [1.29, 1.82) is 0 Å². The molecule has 11 atom stereocenters. The normalized spacial score (nSPS) is 42.4. The lowest BCUT2D eigenvalue weighted by atomic mass is 9.41. The largest absolute Gasteiger partial charge is 0.481 e. The molecule has 4 aliphatic carbocycles. The Morgan fingerprint density at radius 3 is 2.21 bits per heavy atom. The molecule has 216 valence electrons. The van der Waals surface area contributed by atoms with Crippen LogP contribution in [0.15, 0.2) is 0 Å². The Hall–Kier alpha value is -1.19. The summed E-state index contributed by atoms with van der Waals surface area (Å²) >= 11 is 2.15. The van der Waals surface area contributed by atoms with Gasteiger partial charge >= 0.3 is 17.9 Å². The molecular formula is C30H47IO7. The van der Waals surface area contributed by atoms with E-state index < -0.39 is 5.97 Å². The predicted octanol–water partition coefficient (Wildman–Crippen LogP) is 6.10. The van der Waals surface area contributed by atoms with Gasteiger partial charge in [-0.25, -0.2) is 0 Å². The highest BCUT2D eigenvalue weighted by atomic mass is 127. The number of carbonyl (C=O) groups excluding carboxylic acids is 3. The Balaban J connectivity index is 0.00000195. The molecule has 1 N–H and O–H groups in total. The monoisotopic (exact) mass is 646 g/mol. The SMILES string of the molecule is CC[C@H]1[C@@H](OC(C)=O)C2C3CC[C@H]([C@H](C)CC(=O)O)[C@@]3(C)CC(=O)C2[C@@]2(C)CC[C@@H](OC(C)=O)C[C@@H]12.CI. The maximum Gasteiger partial charge on any atom is 0.303 e. The van der Waals surface area contributed by atoms with E-state index >= 15 is 0 Å². The van der Waals surface area contributed by atoms with Crippen LogP contribution in [0.3, 0.4) is 0 Å². The van der Waals surface area contributed by atoms with E-state index in [-0.39, 0.29) is 88.6 Å². The smallest absolute Gasteiger partial charge is 0.303 e. The van der Waals surface area contributed by atoms with Crippen molar-refractivity contribution in [2.24, 2.45) is 52.3 Å². The number of hydrogen-bond acceptors (Lipinski definition) is 6. The van der Waals surface area contributed by atoms with Crippen LogP contribution in [0.4, 0.5) is 0 Å². The van der Waals surface area contributed by atoms with Crippen LogP contribution in [0.1, 0.15) is 92.9 Å². The zero-order valence-corrected chi connectivity index (χ0v) is 26.3. The lowest BCUT2D eigenvalue weighted by Crippen LogP contribution is -2.65. The van der Waals surface area contributed by atoms with Crippen LogP contribution < -0.4 is 0 Å². The van der Waals surface area contributed by atoms with E-state index in [1.807, 2.05) is 11.9 Å². The lowest BCUT2D eigenvalue weighted by Gasteiger charge is -2.64. The number of alkyl halides is 1. The van der Waals surface area contributed by atoms with Crippen molar-refractivity contribution in [3.63, 3.8) is 0 Å². The molecule has 0 aliphatic heterocycles. The zero-order valence-electron chi connectivity index (χ0n) is 24.1. The molecule has 38 heavy (non-hydrogen) atoms. The fraction of sp³-hybridized carbons (Fsp3) is 0.867. The van der Waals surface area contributed by atoms with Gasteiger partial charge in [0.2, 0.25) is 0 Å². The quantitative estimate of drug-likeness (QED) is 0.211. The number of carboxylic acids is 1. The Morgan fingerprint density at radius 1 is 1.03 bits per heavy atom. The molecule has 0 aromatic heterocycles. The van der Waals surface area contributed by atoms with Gasteiger partial charge in [0.1, 0.15) is 18.0 Å². The molecule has 0 heterocycles. The molecule has 0 aromatic carbocycles. The summed E-state index contributed by atoms with van der Waals surface area (Å²) in [5.74, 6) is -0.822. The van der Waals surface area contributed by atoms with Crippen LogP contribution in [0.2, 0.25) is 0 Å². The Bertz CT molecular complexity index is 920. The van der Waals surface area contributed by atoms with E-state index in [4.69, 9.17) is 9.47 Å². The van der Waals surface area contributed by atoms with Gasteiger partial charge in [-0.15, -0.1) is 0 Å². The van der Waals surface area contributed by atoms with Gasteiger partial charge in [0, 0.05) is 38.5 Å². The topological polar surface area (TPSA) is 107 Å². The van der Waals surface area contributed by atoms with Gasteiger partial charge in [0.15, 0.2) is 0 Å². The highest BCUT2D eigenvalue weighted by Gasteiger charge is 2.68. The first-order valence-corrected chi connectivity index (χ1v) is 16.5. The molecule has 3 unspecified atom stereocenters. The van der Waals surface area contributed by atoms with E-state index in [1.165, 1.54) is 13.8 Å². The molecular weight excluding hydrogens is 599 g/mol. The molecule has 0 saturated heterocycles. The average Bonchev–Trinajstić information content (AvgIpc) is 3.16. The molecule has 7 nitrogen and oxygen atoms in total. The summed E-state index contributed by atoms with van der Waals surface area (Å²) in [6, 6.07) is 0. The van der Waals surface area contributed by atoms with Gasteiger partial charge in [-0.3, -0.25) is 19.2 Å². The summed E-state index contributed by atoms with van der Waals surface area (Å²) in [7, 11) is 0. The number of aliphatic carboxylic acids is 1. The molecule has 4 fully saturated rings. The predicted molar refractivity (Wildman–Crippen MR) is 153 cm³/mol. The number of hydrogen-bond donors (Lipinski definition) is 1. The Labute approximate surface area is 241 Å². The molecule has 0 radical (unpaired) electrons. The van der Waals surface area contributed by atoms with E-state index in [0.717, 1.165) is 32.1 Å². The number of ketones is 1. The second kappa shape index (κ2) is 12.1. The second-order valence-corrected chi connectivity index (χ2v) is 12.8. The van der Waals surface area contributed by atoms with Crippen LogP contribution >= 0.6 is 22.6 Å². The molecule has 0 amide bonds. The van der Waals surface area contributed by atoms with E-state index in [1.54, 1.807) is 0 Å². The van der Waals surface area contributed by atoms with Gasteiger partial charge in [-0.2, -0.15) is 0 Å². The van der Waals surface area contributed by atoms with Crippen molar-refractivity contribution in [2.75, 3.05) is 4.93 Å². The standard InChI is InChI=1S/C29H44O7.CH3I/c1-7-19-22-13-18(35-16(3)30)10-11-28(22,5)26-23(32)14-29(6)20(15(2)12-24(33)34)8-9-21(29)25(26)27(19)36-17(4)31;1-2/h15,18-22,25-27H,7-14H2,1-6H3,(H,33,34);1H3/t15-,18-,19-,20-,21?,22+,25?,26?,27-,28+,29-;/m1./s1. The average molecular weight is 647 g/mol. The number of ether oxygens (including phenoxy) is 2. The molecule has 0 spiro atoms.